The first-order chi connectivity index (χ1) is 8.57. The Kier molecular flexibility index (Phi) is 4.07. The lowest BCUT2D eigenvalue weighted by Gasteiger charge is -2.39. The average molecular weight is 311 g/mol. The summed E-state index contributed by atoms with van der Waals surface area (Å²) >= 11 is 3.45. The fraction of sp³-hybridized carbons (Fsp3) is 0.500. The van der Waals surface area contributed by atoms with E-state index in [0.717, 1.165) is 29.3 Å². The zero-order chi connectivity index (χ0) is 13.2. The van der Waals surface area contributed by atoms with E-state index in [2.05, 4.69) is 28.2 Å². The van der Waals surface area contributed by atoms with Gasteiger partial charge < -0.3 is 11.1 Å². The Bertz CT molecular complexity index is 450. The van der Waals surface area contributed by atoms with Crippen LogP contribution in [0.25, 0.3) is 0 Å². The van der Waals surface area contributed by atoms with Gasteiger partial charge in [0.2, 0.25) is 5.91 Å². The first kappa shape index (κ1) is 13.6. The van der Waals surface area contributed by atoms with Crippen molar-refractivity contribution in [2.24, 2.45) is 11.1 Å². The van der Waals surface area contributed by atoms with Crippen molar-refractivity contribution in [2.75, 3.05) is 6.54 Å². The molecule has 3 nitrogen and oxygen atoms in total. The Morgan fingerprint density at radius 2 is 2.22 bits per heavy atom. The van der Waals surface area contributed by atoms with E-state index in [-0.39, 0.29) is 11.3 Å². The summed E-state index contributed by atoms with van der Waals surface area (Å²) < 4.78 is 1.04. The summed E-state index contributed by atoms with van der Waals surface area (Å²) in [5.41, 5.74) is 7.76. The molecule has 1 aromatic carbocycles. The number of nitrogens with two attached hydrogens (primary N) is 1. The standard InChI is InChI=1S/C14H19BrN2O/c1-10-3-4-12(15)7-11(10)8-17-13(18)14(9-16)5-2-6-14/h3-4,7H,2,5-6,8-9,16H2,1H3,(H,17,18). The molecule has 0 saturated heterocycles. The SMILES string of the molecule is Cc1ccc(Br)cc1CNC(=O)C1(CN)CCC1. The van der Waals surface area contributed by atoms with E-state index in [1.165, 1.54) is 5.56 Å². The van der Waals surface area contributed by atoms with Crippen LogP contribution in [0.1, 0.15) is 30.4 Å². The summed E-state index contributed by atoms with van der Waals surface area (Å²) in [4.78, 5) is 12.1. The molecule has 1 aromatic rings. The highest BCUT2D eigenvalue weighted by atomic mass is 79.9. The molecule has 3 N–H and O–H groups in total. The van der Waals surface area contributed by atoms with Crippen LogP contribution >= 0.6 is 15.9 Å². The summed E-state index contributed by atoms with van der Waals surface area (Å²) in [5.74, 6) is 0.107. The third-order valence-corrected chi connectivity index (χ3v) is 4.43. The van der Waals surface area contributed by atoms with Crippen LogP contribution in [0.3, 0.4) is 0 Å². The molecule has 2 rings (SSSR count). The number of aryl methyl sites for hydroxylation is 1. The molecule has 0 aromatic heterocycles. The smallest absolute Gasteiger partial charge is 0.227 e. The van der Waals surface area contributed by atoms with Gasteiger partial charge in [-0.3, -0.25) is 4.79 Å². The topological polar surface area (TPSA) is 55.1 Å². The van der Waals surface area contributed by atoms with Gasteiger partial charge in [0.25, 0.3) is 0 Å². The molecule has 1 amide bonds. The Morgan fingerprint density at radius 3 is 2.78 bits per heavy atom. The maximum Gasteiger partial charge on any atom is 0.227 e. The average Bonchev–Trinajstić information content (AvgIpc) is 2.29. The molecule has 1 saturated carbocycles. The van der Waals surface area contributed by atoms with E-state index < -0.39 is 0 Å². The van der Waals surface area contributed by atoms with Gasteiger partial charge in [-0.25, -0.2) is 0 Å². The van der Waals surface area contributed by atoms with Crippen molar-refractivity contribution in [3.63, 3.8) is 0 Å². The van der Waals surface area contributed by atoms with Gasteiger partial charge in [-0.05, 0) is 43.0 Å². The molecule has 98 valence electrons. The van der Waals surface area contributed by atoms with Crippen molar-refractivity contribution in [3.05, 3.63) is 33.8 Å². The number of carbonyl (C=O) groups is 1. The zero-order valence-electron chi connectivity index (χ0n) is 10.6. The van der Waals surface area contributed by atoms with Crippen LogP contribution in [0, 0.1) is 12.3 Å². The van der Waals surface area contributed by atoms with E-state index >= 15 is 0 Å². The van der Waals surface area contributed by atoms with Crippen molar-refractivity contribution in [2.45, 2.75) is 32.7 Å². The fourth-order valence-electron chi connectivity index (χ4n) is 2.32. The van der Waals surface area contributed by atoms with Crippen molar-refractivity contribution in [1.29, 1.82) is 0 Å². The largest absolute Gasteiger partial charge is 0.351 e. The normalized spacial score (nSPS) is 17.1. The number of amides is 1. The van der Waals surface area contributed by atoms with Crippen molar-refractivity contribution in [3.8, 4) is 0 Å². The minimum atomic E-state index is -0.292. The van der Waals surface area contributed by atoms with Gasteiger partial charge in [-0.15, -0.1) is 0 Å². The molecule has 4 heteroatoms. The molecule has 1 aliphatic carbocycles. The Morgan fingerprint density at radius 1 is 1.50 bits per heavy atom. The first-order valence-corrected chi connectivity index (χ1v) is 7.10. The number of rotatable bonds is 4. The number of hydrogen-bond donors (Lipinski definition) is 2. The second kappa shape index (κ2) is 5.41. The van der Waals surface area contributed by atoms with Crippen LogP contribution in [0.15, 0.2) is 22.7 Å². The minimum Gasteiger partial charge on any atom is -0.351 e. The molecular weight excluding hydrogens is 292 g/mol. The highest BCUT2D eigenvalue weighted by Gasteiger charge is 2.42. The van der Waals surface area contributed by atoms with Crippen molar-refractivity contribution < 1.29 is 4.79 Å². The minimum absolute atomic E-state index is 0.107. The van der Waals surface area contributed by atoms with Crippen molar-refractivity contribution in [1.82, 2.24) is 5.32 Å². The third kappa shape index (κ3) is 2.59. The first-order valence-electron chi connectivity index (χ1n) is 6.31. The van der Waals surface area contributed by atoms with E-state index in [1.807, 2.05) is 18.2 Å². The van der Waals surface area contributed by atoms with Gasteiger partial charge in [0, 0.05) is 17.6 Å². The number of carbonyl (C=O) groups excluding carboxylic acids is 1. The highest BCUT2D eigenvalue weighted by molar-refractivity contribution is 9.10. The zero-order valence-corrected chi connectivity index (χ0v) is 12.2. The Balaban J connectivity index is 1.99. The molecule has 0 atom stereocenters. The maximum absolute atomic E-state index is 12.1. The Labute approximate surface area is 116 Å². The summed E-state index contributed by atoms with van der Waals surface area (Å²) in [7, 11) is 0. The lowest BCUT2D eigenvalue weighted by atomic mass is 9.68. The second-order valence-electron chi connectivity index (χ2n) is 5.09. The van der Waals surface area contributed by atoms with Crippen LogP contribution in [0.5, 0.6) is 0 Å². The monoisotopic (exact) mass is 310 g/mol. The van der Waals surface area contributed by atoms with Crippen LogP contribution in [-0.2, 0) is 11.3 Å². The lowest BCUT2D eigenvalue weighted by molar-refractivity contribution is -0.135. The van der Waals surface area contributed by atoms with Gasteiger partial charge in [0.05, 0.1) is 5.41 Å². The molecule has 0 radical (unpaired) electrons. The van der Waals surface area contributed by atoms with Crippen LogP contribution in [-0.4, -0.2) is 12.5 Å². The number of halogens is 1. The van der Waals surface area contributed by atoms with Crippen LogP contribution in [0.4, 0.5) is 0 Å². The van der Waals surface area contributed by atoms with Gasteiger partial charge in [-0.2, -0.15) is 0 Å². The van der Waals surface area contributed by atoms with E-state index in [9.17, 15) is 4.79 Å². The highest BCUT2D eigenvalue weighted by Crippen LogP contribution is 2.40. The summed E-state index contributed by atoms with van der Waals surface area (Å²) in [6, 6.07) is 6.10. The molecule has 1 fully saturated rings. The number of nitrogens with one attached hydrogen (secondary N) is 1. The van der Waals surface area contributed by atoms with E-state index in [0.29, 0.717) is 13.1 Å². The third-order valence-electron chi connectivity index (χ3n) is 3.93. The molecule has 0 bridgehead atoms. The molecule has 0 spiro atoms. The second-order valence-corrected chi connectivity index (χ2v) is 6.01. The molecule has 1 aliphatic rings. The number of benzene rings is 1. The van der Waals surface area contributed by atoms with Gasteiger partial charge in [-0.1, -0.05) is 28.4 Å². The quantitative estimate of drug-likeness (QED) is 0.897. The van der Waals surface area contributed by atoms with E-state index in [4.69, 9.17) is 5.73 Å². The van der Waals surface area contributed by atoms with Gasteiger partial charge in [0.1, 0.15) is 0 Å². The van der Waals surface area contributed by atoms with Crippen LogP contribution in [0.2, 0.25) is 0 Å². The summed E-state index contributed by atoms with van der Waals surface area (Å²) in [6.45, 7) is 3.08. The van der Waals surface area contributed by atoms with Gasteiger partial charge >= 0.3 is 0 Å². The molecule has 0 unspecified atom stereocenters. The lowest BCUT2D eigenvalue weighted by Crippen LogP contribution is -2.50. The number of hydrogen-bond acceptors (Lipinski definition) is 2. The molecule has 18 heavy (non-hydrogen) atoms. The maximum atomic E-state index is 12.1. The molecule has 0 aliphatic heterocycles. The summed E-state index contributed by atoms with van der Waals surface area (Å²) in [5, 5.41) is 3.02. The van der Waals surface area contributed by atoms with Crippen LogP contribution < -0.4 is 11.1 Å². The van der Waals surface area contributed by atoms with Gasteiger partial charge in [0.15, 0.2) is 0 Å². The molecule has 0 heterocycles. The predicted octanol–water partition coefficient (Wildman–Crippen LogP) is 2.50. The predicted molar refractivity (Wildman–Crippen MR) is 76.1 cm³/mol. The fourth-order valence-corrected chi connectivity index (χ4v) is 2.73. The Hall–Kier alpha value is -0.870. The summed E-state index contributed by atoms with van der Waals surface area (Å²) in [6.07, 6.45) is 2.96. The van der Waals surface area contributed by atoms with Crippen molar-refractivity contribution >= 4 is 21.8 Å². The van der Waals surface area contributed by atoms with E-state index in [1.54, 1.807) is 0 Å². The molecular formula is C14H19BrN2O.